The van der Waals surface area contributed by atoms with Crippen LogP contribution in [0.3, 0.4) is 0 Å². The number of piperidine rings is 1. The van der Waals surface area contributed by atoms with E-state index in [9.17, 15) is 4.79 Å². The van der Waals surface area contributed by atoms with Gasteiger partial charge in [-0.25, -0.2) is 4.98 Å². The number of pyridine rings is 1. The lowest BCUT2D eigenvalue weighted by Gasteiger charge is -2.43. The van der Waals surface area contributed by atoms with Crippen molar-refractivity contribution in [2.24, 2.45) is 5.92 Å². The summed E-state index contributed by atoms with van der Waals surface area (Å²) in [5, 5.41) is 9.01. The van der Waals surface area contributed by atoms with Crippen molar-refractivity contribution in [2.45, 2.75) is 45.7 Å². The number of hydrogen-bond acceptors (Lipinski definition) is 5. The highest BCUT2D eigenvalue weighted by Crippen LogP contribution is 2.26. The minimum absolute atomic E-state index is 0.126. The van der Waals surface area contributed by atoms with E-state index in [0.29, 0.717) is 23.7 Å². The fourth-order valence-electron chi connectivity index (χ4n) is 4.26. The van der Waals surface area contributed by atoms with Gasteiger partial charge in [0.25, 0.3) is 0 Å². The van der Waals surface area contributed by atoms with Crippen LogP contribution in [0, 0.1) is 17.2 Å². The van der Waals surface area contributed by atoms with Crippen LogP contribution in [0.2, 0.25) is 0 Å². The molecule has 2 saturated heterocycles. The van der Waals surface area contributed by atoms with E-state index >= 15 is 0 Å². The molecule has 1 aromatic rings. The Morgan fingerprint density at radius 1 is 1.27 bits per heavy atom. The van der Waals surface area contributed by atoms with Crippen LogP contribution in [0.25, 0.3) is 0 Å². The van der Waals surface area contributed by atoms with Gasteiger partial charge in [0.2, 0.25) is 5.91 Å². The number of aromatic nitrogens is 1. The molecule has 0 spiro atoms. The summed E-state index contributed by atoms with van der Waals surface area (Å²) in [5.74, 6) is 0.452. The van der Waals surface area contributed by atoms with Crippen LogP contribution >= 0.6 is 0 Å². The normalized spacial score (nSPS) is 22.5. The third-order valence-corrected chi connectivity index (χ3v) is 5.72. The molecule has 2 fully saturated rings. The molecule has 6 heteroatoms. The van der Waals surface area contributed by atoms with E-state index < -0.39 is 0 Å². The largest absolute Gasteiger partial charge is 0.371 e. The van der Waals surface area contributed by atoms with E-state index in [2.05, 4.69) is 46.5 Å². The fourth-order valence-corrected chi connectivity index (χ4v) is 4.26. The molecular weight excluding hydrogens is 326 g/mol. The summed E-state index contributed by atoms with van der Waals surface area (Å²) in [6.45, 7) is 11.0. The molecule has 0 N–H and O–H groups in total. The molecule has 0 radical (unpaired) electrons. The second kappa shape index (κ2) is 8.05. The molecule has 3 rings (SSSR count). The van der Waals surface area contributed by atoms with Crippen LogP contribution in [0.5, 0.6) is 0 Å². The van der Waals surface area contributed by atoms with Gasteiger partial charge in [0, 0.05) is 62.6 Å². The van der Waals surface area contributed by atoms with E-state index in [0.717, 1.165) is 51.3 Å². The first-order valence-corrected chi connectivity index (χ1v) is 9.65. The van der Waals surface area contributed by atoms with Crippen LogP contribution in [-0.4, -0.2) is 65.5 Å². The second-order valence-electron chi connectivity index (χ2n) is 7.74. The molecule has 6 nitrogen and oxygen atoms in total. The van der Waals surface area contributed by atoms with E-state index in [1.54, 1.807) is 6.20 Å². The van der Waals surface area contributed by atoms with E-state index in [-0.39, 0.29) is 5.92 Å². The third kappa shape index (κ3) is 3.99. The maximum Gasteiger partial charge on any atom is 0.225 e. The maximum absolute atomic E-state index is 13.0. The highest BCUT2D eigenvalue weighted by Gasteiger charge is 2.33. The Hall–Kier alpha value is -2.13. The van der Waals surface area contributed by atoms with Crippen LogP contribution in [0.4, 0.5) is 5.69 Å². The molecule has 1 atom stereocenters. The number of amides is 1. The predicted octanol–water partition coefficient (Wildman–Crippen LogP) is 2.11. The molecule has 1 amide bonds. The van der Waals surface area contributed by atoms with Crippen LogP contribution in [0.1, 0.15) is 39.3 Å². The summed E-state index contributed by atoms with van der Waals surface area (Å²) >= 11 is 0. The molecule has 0 aromatic carbocycles. The monoisotopic (exact) mass is 355 g/mol. The lowest BCUT2D eigenvalue weighted by atomic mass is 9.94. The van der Waals surface area contributed by atoms with Crippen molar-refractivity contribution < 1.29 is 4.79 Å². The quantitative estimate of drug-likeness (QED) is 0.831. The number of carbonyl (C=O) groups excluding carboxylic acids is 1. The number of rotatable bonds is 3. The van der Waals surface area contributed by atoms with Crippen molar-refractivity contribution >= 4 is 11.6 Å². The van der Waals surface area contributed by atoms with Crippen molar-refractivity contribution in [1.82, 2.24) is 14.8 Å². The Bertz CT molecular complexity index is 675. The Morgan fingerprint density at radius 2 is 2.00 bits per heavy atom. The van der Waals surface area contributed by atoms with Gasteiger partial charge >= 0.3 is 0 Å². The minimum Gasteiger partial charge on any atom is -0.371 e. The van der Waals surface area contributed by atoms with Gasteiger partial charge < -0.3 is 9.80 Å². The number of anilines is 1. The van der Waals surface area contributed by atoms with Gasteiger partial charge in [-0.1, -0.05) is 0 Å². The SMILES string of the molecule is CC(C)N1CCN(C(=O)C2CCN(c3ccnc(C#N)c3)CC2)C[C@@H]1C. The van der Waals surface area contributed by atoms with Crippen LogP contribution in [0.15, 0.2) is 18.3 Å². The molecule has 2 aliphatic heterocycles. The Balaban J connectivity index is 1.55. The van der Waals surface area contributed by atoms with Crippen LogP contribution < -0.4 is 4.90 Å². The Kier molecular flexibility index (Phi) is 5.77. The lowest BCUT2D eigenvalue weighted by Crippen LogP contribution is -2.57. The third-order valence-electron chi connectivity index (χ3n) is 5.72. The summed E-state index contributed by atoms with van der Waals surface area (Å²) in [5.41, 5.74) is 1.47. The summed E-state index contributed by atoms with van der Waals surface area (Å²) in [7, 11) is 0. The van der Waals surface area contributed by atoms with Crippen molar-refractivity contribution in [3.05, 3.63) is 24.0 Å². The summed E-state index contributed by atoms with van der Waals surface area (Å²) < 4.78 is 0. The first-order valence-electron chi connectivity index (χ1n) is 9.65. The van der Waals surface area contributed by atoms with Gasteiger partial charge in [0.15, 0.2) is 0 Å². The van der Waals surface area contributed by atoms with Crippen molar-refractivity contribution in [3.63, 3.8) is 0 Å². The van der Waals surface area contributed by atoms with Crippen molar-refractivity contribution in [2.75, 3.05) is 37.6 Å². The van der Waals surface area contributed by atoms with Crippen molar-refractivity contribution in [1.29, 1.82) is 5.26 Å². The van der Waals surface area contributed by atoms with Gasteiger partial charge in [-0.3, -0.25) is 9.69 Å². The summed E-state index contributed by atoms with van der Waals surface area (Å²) in [6, 6.07) is 6.81. The molecule has 26 heavy (non-hydrogen) atoms. The number of nitrogens with zero attached hydrogens (tertiary/aromatic N) is 5. The first kappa shape index (κ1) is 18.7. The topological polar surface area (TPSA) is 63.5 Å². The Labute approximate surface area is 156 Å². The summed E-state index contributed by atoms with van der Waals surface area (Å²) in [6.07, 6.45) is 3.43. The van der Waals surface area contributed by atoms with Gasteiger partial charge in [-0.15, -0.1) is 0 Å². The molecule has 3 heterocycles. The van der Waals surface area contributed by atoms with Gasteiger partial charge in [-0.2, -0.15) is 5.26 Å². The average molecular weight is 355 g/mol. The van der Waals surface area contributed by atoms with E-state index in [1.807, 2.05) is 12.1 Å². The highest BCUT2D eigenvalue weighted by molar-refractivity contribution is 5.79. The average Bonchev–Trinajstić information content (AvgIpc) is 2.67. The smallest absolute Gasteiger partial charge is 0.225 e. The Morgan fingerprint density at radius 3 is 2.62 bits per heavy atom. The number of nitriles is 1. The highest BCUT2D eigenvalue weighted by atomic mass is 16.2. The molecule has 0 saturated carbocycles. The second-order valence-corrected chi connectivity index (χ2v) is 7.74. The van der Waals surface area contributed by atoms with Gasteiger partial charge in [-0.05, 0) is 45.7 Å². The maximum atomic E-state index is 13.0. The van der Waals surface area contributed by atoms with Crippen LogP contribution in [-0.2, 0) is 4.79 Å². The minimum atomic E-state index is 0.126. The molecule has 2 aliphatic rings. The van der Waals surface area contributed by atoms with Gasteiger partial charge in [0.1, 0.15) is 11.8 Å². The molecular formula is C20H29N5O. The fraction of sp³-hybridized carbons (Fsp3) is 0.650. The number of piperazine rings is 1. The standard InChI is InChI=1S/C20H29N5O/c1-15(2)25-11-10-24(14-16(25)3)20(26)17-5-8-23(9-6-17)19-4-7-22-18(12-19)13-21/h4,7,12,15-17H,5-6,8-11,14H2,1-3H3/t16-/m0/s1. The molecule has 140 valence electrons. The van der Waals surface area contributed by atoms with E-state index in [1.165, 1.54) is 0 Å². The number of hydrogen-bond donors (Lipinski definition) is 0. The number of carbonyl (C=O) groups is 1. The van der Waals surface area contributed by atoms with Gasteiger partial charge in [0.05, 0.1) is 0 Å². The zero-order chi connectivity index (χ0) is 18.7. The first-order chi connectivity index (χ1) is 12.5. The molecule has 1 aromatic heterocycles. The van der Waals surface area contributed by atoms with E-state index in [4.69, 9.17) is 5.26 Å². The lowest BCUT2D eigenvalue weighted by molar-refractivity contribution is -0.139. The van der Waals surface area contributed by atoms with Crippen molar-refractivity contribution in [3.8, 4) is 6.07 Å². The predicted molar refractivity (Wildman–Crippen MR) is 102 cm³/mol. The molecule has 0 bridgehead atoms. The zero-order valence-electron chi connectivity index (χ0n) is 16.1. The zero-order valence-corrected chi connectivity index (χ0v) is 16.1. The molecule has 0 aliphatic carbocycles. The molecule has 0 unspecified atom stereocenters. The summed E-state index contributed by atoms with van der Waals surface area (Å²) in [4.78, 5) is 23.8.